The van der Waals surface area contributed by atoms with Crippen molar-refractivity contribution in [3.05, 3.63) is 45.7 Å². The molecule has 0 radical (unpaired) electrons. The summed E-state index contributed by atoms with van der Waals surface area (Å²) in [5, 5.41) is 8.76. The molecule has 4 nitrogen and oxygen atoms in total. The molecule has 0 fully saturated rings. The highest BCUT2D eigenvalue weighted by atomic mass is 35.5. The van der Waals surface area contributed by atoms with Crippen molar-refractivity contribution in [2.75, 3.05) is 0 Å². The molecule has 1 heterocycles. The normalized spacial score (nSPS) is 10.5. The monoisotopic (exact) mass is 269 g/mol. The van der Waals surface area contributed by atoms with Crippen LogP contribution in [0.3, 0.4) is 0 Å². The van der Waals surface area contributed by atoms with Gasteiger partial charge in [-0.2, -0.15) is 0 Å². The average molecular weight is 270 g/mol. The molecule has 0 spiro atoms. The fourth-order valence-electron chi connectivity index (χ4n) is 1.36. The van der Waals surface area contributed by atoms with E-state index in [2.05, 4.69) is 10.3 Å². The molecule has 0 unspecified atom stereocenters. The van der Waals surface area contributed by atoms with Crippen LogP contribution in [0.15, 0.2) is 24.4 Å². The van der Waals surface area contributed by atoms with Gasteiger partial charge in [-0.05, 0) is 17.7 Å². The van der Waals surface area contributed by atoms with Crippen molar-refractivity contribution < 1.29 is 4.79 Å². The number of benzene rings is 1. The summed E-state index contributed by atoms with van der Waals surface area (Å²) in [6.07, 6.45) is 1.59. The molecule has 0 saturated heterocycles. The van der Waals surface area contributed by atoms with Crippen LogP contribution in [-0.4, -0.2) is 20.8 Å². The molecular weight excluding hydrogens is 261 g/mol. The van der Waals surface area contributed by atoms with E-state index in [1.165, 1.54) is 6.92 Å². The second kappa shape index (κ2) is 4.85. The Kier molecular flexibility index (Phi) is 3.45. The maximum absolute atomic E-state index is 11.1. The summed E-state index contributed by atoms with van der Waals surface area (Å²) in [6, 6.07) is 5.24. The summed E-state index contributed by atoms with van der Waals surface area (Å²) < 4.78 is 1.56. The van der Waals surface area contributed by atoms with Crippen LogP contribution >= 0.6 is 23.2 Å². The lowest BCUT2D eigenvalue weighted by molar-refractivity contribution is 0.101. The third kappa shape index (κ3) is 2.84. The van der Waals surface area contributed by atoms with E-state index in [-0.39, 0.29) is 5.78 Å². The Morgan fingerprint density at radius 2 is 2.18 bits per heavy atom. The minimum Gasteiger partial charge on any atom is -0.293 e. The largest absolute Gasteiger partial charge is 0.293 e. The molecule has 0 aliphatic rings. The molecule has 6 heteroatoms. The smallest absolute Gasteiger partial charge is 0.181 e. The van der Waals surface area contributed by atoms with Gasteiger partial charge in [0, 0.05) is 17.0 Å². The highest BCUT2D eigenvalue weighted by molar-refractivity contribution is 6.35. The molecule has 17 heavy (non-hydrogen) atoms. The Balaban J connectivity index is 2.22. The number of carbonyl (C=O) groups is 1. The summed E-state index contributed by atoms with van der Waals surface area (Å²) >= 11 is 11.8. The van der Waals surface area contributed by atoms with E-state index >= 15 is 0 Å². The number of rotatable bonds is 3. The lowest BCUT2D eigenvalue weighted by atomic mass is 10.2. The van der Waals surface area contributed by atoms with Gasteiger partial charge in [0.2, 0.25) is 0 Å². The fourth-order valence-corrected chi connectivity index (χ4v) is 1.83. The van der Waals surface area contributed by atoms with Crippen molar-refractivity contribution >= 4 is 29.0 Å². The molecule has 0 bridgehead atoms. The van der Waals surface area contributed by atoms with Gasteiger partial charge < -0.3 is 0 Å². The number of hydrogen-bond donors (Lipinski definition) is 0. The molecule has 1 aromatic carbocycles. The molecule has 0 saturated carbocycles. The zero-order chi connectivity index (χ0) is 12.4. The fraction of sp³-hybridized carbons (Fsp3) is 0.182. The molecule has 2 aromatic rings. The van der Waals surface area contributed by atoms with E-state index in [1.807, 2.05) is 6.07 Å². The van der Waals surface area contributed by atoms with Crippen LogP contribution in [0.1, 0.15) is 23.0 Å². The molecule has 1 aromatic heterocycles. The van der Waals surface area contributed by atoms with E-state index < -0.39 is 0 Å². The maximum atomic E-state index is 11.1. The summed E-state index contributed by atoms with van der Waals surface area (Å²) in [5.41, 5.74) is 1.21. The Morgan fingerprint density at radius 1 is 1.41 bits per heavy atom. The van der Waals surface area contributed by atoms with Crippen molar-refractivity contribution in [2.45, 2.75) is 13.5 Å². The lowest BCUT2D eigenvalue weighted by Gasteiger charge is -2.03. The first-order chi connectivity index (χ1) is 8.06. The van der Waals surface area contributed by atoms with Gasteiger partial charge in [-0.25, -0.2) is 4.68 Å². The summed E-state index contributed by atoms with van der Waals surface area (Å²) in [7, 11) is 0. The number of carbonyl (C=O) groups excluding carboxylic acids is 1. The molecule has 2 rings (SSSR count). The third-order valence-corrected chi connectivity index (χ3v) is 2.83. The average Bonchev–Trinajstić information content (AvgIpc) is 2.71. The standard InChI is InChI=1S/C11H9Cl2N3O/c1-7(17)11-6-16(15-14-11)5-8-2-3-9(12)4-10(8)13/h2-4,6H,5H2,1H3. The number of ketones is 1. The zero-order valence-corrected chi connectivity index (χ0v) is 10.5. The van der Waals surface area contributed by atoms with Crippen LogP contribution in [0, 0.1) is 0 Å². The number of nitrogens with zero attached hydrogens (tertiary/aromatic N) is 3. The lowest BCUT2D eigenvalue weighted by Crippen LogP contribution is -2.01. The van der Waals surface area contributed by atoms with Crippen LogP contribution in [0.25, 0.3) is 0 Å². The minimum absolute atomic E-state index is 0.113. The molecule has 88 valence electrons. The van der Waals surface area contributed by atoms with Gasteiger partial charge >= 0.3 is 0 Å². The molecule has 0 atom stereocenters. The van der Waals surface area contributed by atoms with Gasteiger partial charge in [0.25, 0.3) is 0 Å². The quantitative estimate of drug-likeness (QED) is 0.806. The van der Waals surface area contributed by atoms with Crippen LogP contribution in [0.5, 0.6) is 0 Å². The van der Waals surface area contributed by atoms with Gasteiger partial charge in [-0.15, -0.1) is 5.10 Å². The van der Waals surface area contributed by atoms with Crippen molar-refractivity contribution in [2.24, 2.45) is 0 Å². The van der Waals surface area contributed by atoms with E-state index in [0.717, 1.165) is 5.56 Å². The molecule has 0 amide bonds. The van der Waals surface area contributed by atoms with Gasteiger partial charge in [0.15, 0.2) is 5.78 Å². The second-order valence-corrected chi connectivity index (χ2v) is 4.44. The SMILES string of the molecule is CC(=O)c1cn(Cc2ccc(Cl)cc2Cl)nn1. The number of halogens is 2. The van der Waals surface area contributed by atoms with Gasteiger partial charge in [0.1, 0.15) is 5.69 Å². The van der Waals surface area contributed by atoms with Gasteiger partial charge in [0.05, 0.1) is 12.7 Å². The van der Waals surface area contributed by atoms with Crippen LogP contribution in [0.2, 0.25) is 10.0 Å². The van der Waals surface area contributed by atoms with E-state index in [1.54, 1.807) is 23.0 Å². The number of aromatic nitrogens is 3. The van der Waals surface area contributed by atoms with E-state index in [9.17, 15) is 4.79 Å². The zero-order valence-electron chi connectivity index (χ0n) is 9.02. The second-order valence-electron chi connectivity index (χ2n) is 3.59. The summed E-state index contributed by atoms with van der Waals surface area (Å²) in [6.45, 7) is 1.90. The first-order valence-electron chi connectivity index (χ1n) is 4.91. The molecular formula is C11H9Cl2N3O. The summed E-state index contributed by atoms with van der Waals surface area (Å²) in [5.74, 6) is -0.113. The predicted octanol–water partition coefficient (Wildman–Crippen LogP) is 2.84. The van der Waals surface area contributed by atoms with Gasteiger partial charge in [-0.1, -0.05) is 34.5 Å². The minimum atomic E-state index is -0.113. The van der Waals surface area contributed by atoms with Crippen molar-refractivity contribution in [3.8, 4) is 0 Å². The Bertz CT molecular complexity index is 566. The number of hydrogen-bond acceptors (Lipinski definition) is 3. The number of Topliss-reactive ketones (excluding diaryl/α,β-unsaturated/α-hetero) is 1. The van der Waals surface area contributed by atoms with Crippen LogP contribution in [-0.2, 0) is 6.54 Å². The highest BCUT2D eigenvalue weighted by Gasteiger charge is 2.07. The van der Waals surface area contributed by atoms with Crippen molar-refractivity contribution in [1.29, 1.82) is 0 Å². The van der Waals surface area contributed by atoms with Crippen LogP contribution < -0.4 is 0 Å². The molecule has 0 N–H and O–H groups in total. The summed E-state index contributed by atoms with van der Waals surface area (Å²) in [4.78, 5) is 11.1. The van der Waals surface area contributed by atoms with E-state index in [4.69, 9.17) is 23.2 Å². The van der Waals surface area contributed by atoms with Crippen LogP contribution in [0.4, 0.5) is 0 Å². The third-order valence-electron chi connectivity index (χ3n) is 2.25. The first kappa shape index (κ1) is 12.1. The van der Waals surface area contributed by atoms with E-state index in [0.29, 0.717) is 22.3 Å². The Hall–Kier alpha value is -1.39. The van der Waals surface area contributed by atoms with Crippen molar-refractivity contribution in [3.63, 3.8) is 0 Å². The predicted molar refractivity (Wildman–Crippen MR) is 65.6 cm³/mol. The Labute approximate surface area is 108 Å². The topological polar surface area (TPSA) is 47.8 Å². The maximum Gasteiger partial charge on any atom is 0.181 e. The Morgan fingerprint density at radius 3 is 2.76 bits per heavy atom. The first-order valence-corrected chi connectivity index (χ1v) is 5.67. The van der Waals surface area contributed by atoms with Crippen molar-refractivity contribution in [1.82, 2.24) is 15.0 Å². The molecule has 0 aliphatic heterocycles. The van der Waals surface area contributed by atoms with Gasteiger partial charge in [-0.3, -0.25) is 4.79 Å². The molecule has 0 aliphatic carbocycles. The highest BCUT2D eigenvalue weighted by Crippen LogP contribution is 2.21.